The Kier molecular flexibility index (Phi) is 6.12. The Bertz CT molecular complexity index is 1750. The van der Waals surface area contributed by atoms with Crippen LogP contribution in [0.15, 0.2) is 87.8 Å². The number of imidazole rings is 1. The molecule has 11 nitrogen and oxygen atoms in total. The van der Waals surface area contributed by atoms with E-state index < -0.39 is 21.3 Å². The van der Waals surface area contributed by atoms with Crippen LogP contribution >= 0.6 is 0 Å². The van der Waals surface area contributed by atoms with Gasteiger partial charge in [0, 0.05) is 19.3 Å². The van der Waals surface area contributed by atoms with Gasteiger partial charge in [0.25, 0.3) is 15.6 Å². The van der Waals surface area contributed by atoms with Crippen molar-refractivity contribution in [3.05, 3.63) is 105 Å². The van der Waals surface area contributed by atoms with E-state index in [1.54, 1.807) is 35.0 Å². The van der Waals surface area contributed by atoms with Crippen molar-refractivity contribution in [2.45, 2.75) is 31.6 Å². The maximum Gasteiger partial charge on any atom is 0.330 e. The number of fused-ring (bicyclic) bond motifs is 1. The van der Waals surface area contributed by atoms with Gasteiger partial charge in [0.1, 0.15) is 0 Å². The molecule has 2 aromatic carbocycles. The molecular weight excluding hydrogens is 482 g/mol. The number of rotatable bonds is 8. The molecule has 0 aliphatic rings. The van der Waals surface area contributed by atoms with Crippen LogP contribution in [0.2, 0.25) is 0 Å². The zero-order valence-corrected chi connectivity index (χ0v) is 20.1. The minimum Gasteiger partial charge on any atom is -0.325 e. The van der Waals surface area contributed by atoms with Gasteiger partial charge in [-0.25, -0.2) is 27.6 Å². The highest BCUT2D eigenvalue weighted by molar-refractivity contribution is 7.89. The molecule has 0 bridgehead atoms. The quantitative estimate of drug-likeness (QED) is 0.329. The molecule has 3 heterocycles. The average molecular weight is 506 g/mol. The summed E-state index contributed by atoms with van der Waals surface area (Å²) >= 11 is 0. The molecule has 184 valence electrons. The number of sulfonamides is 1. The van der Waals surface area contributed by atoms with Crippen LogP contribution in [0.3, 0.4) is 0 Å². The van der Waals surface area contributed by atoms with Gasteiger partial charge >= 0.3 is 5.69 Å². The Balaban J connectivity index is 1.29. The fraction of sp³-hybridized carbons (Fsp3) is 0.167. The van der Waals surface area contributed by atoms with Gasteiger partial charge < -0.3 is 4.57 Å². The van der Waals surface area contributed by atoms with Gasteiger partial charge in [-0.3, -0.25) is 14.3 Å². The summed E-state index contributed by atoms with van der Waals surface area (Å²) in [5.74, 6) is 0. The zero-order valence-electron chi connectivity index (χ0n) is 19.3. The molecule has 5 aromatic rings. The van der Waals surface area contributed by atoms with E-state index in [1.807, 2.05) is 37.3 Å². The third kappa shape index (κ3) is 4.51. The van der Waals surface area contributed by atoms with E-state index in [2.05, 4.69) is 19.8 Å². The molecule has 2 N–H and O–H groups in total. The molecule has 0 fully saturated rings. The molecule has 5 rings (SSSR count). The van der Waals surface area contributed by atoms with Crippen LogP contribution in [0.1, 0.15) is 18.1 Å². The highest BCUT2D eigenvalue weighted by Crippen LogP contribution is 2.13. The van der Waals surface area contributed by atoms with Gasteiger partial charge in [-0.1, -0.05) is 42.5 Å². The number of aryl methyl sites for hydroxylation is 1. The van der Waals surface area contributed by atoms with Crippen LogP contribution in [-0.4, -0.2) is 37.3 Å². The van der Waals surface area contributed by atoms with Gasteiger partial charge in [0.2, 0.25) is 0 Å². The third-order valence-corrected chi connectivity index (χ3v) is 7.08. The maximum atomic E-state index is 12.7. The molecular formula is C24H23N7O4S. The lowest BCUT2D eigenvalue weighted by atomic mass is 10.1. The molecule has 0 spiro atoms. The lowest BCUT2D eigenvalue weighted by molar-refractivity contribution is 0.575. The zero-order chi connectivity index (χ0) is 25.3. The predicted octanol–water partition coefficient (Wildman–Crippen LogP) is 1.62. The second kappa shape index (κ2) is 9.40. The summed E-state index contributed by atoms with van der Waals surface area (Å²) in [4.78, 5) is 31.3. The largest absolute Gasteiger partial charge is 0.330 e. The van der Waals surface area contributed by atoms with E-state index in [1.165, 1.54) is 21.6 Å². The topological polar surface area (TPSA) is 137 Å². The van der Waals surface area contributed by atoms with Crippen LogP contribution in [0.5, 0.6) is 0 Å². The number of aromatic nitrogens is 6. The lowest BCUT2D eigenvalue weighted by Crippen LogP contribution is -2.31. The monoisotopic (exact) mass is 505 g/mol. The summed E-state index contributed by atoms with van der Waals surface area (Å²) < 4.78 is 32.6. The molecule has 12 heteroatoms. The van der Waals surface area contributed by atoms with Crippen molar-refractivity contribution >= 4 is 21.2 Å². The summed E-state index contributed by atoms with van der Waals surface area (Å²) in [5, 5.41) is 4.10. The van der Waals surface area contributed by atoms with E-state index >= 15 is 0 Å². The minimum absolute atomic E-state index is 0.0732. The van der Waals surface area contributed by atoms with E-state index in [-0.39, 0.29) is 18.1 Å². The molecule has 3 aromatic heterocycles. The number of nitrogens with zero attached hydrogens (tertiary/aromatic N) is 5. The highest BCUT2D eigenvalue weighted by atomic mass is 32.2. The van der Waals surface area contributed by atoms with E-state index in [0.717, 1.165) is 16.8 Å². The summed E-state index contributed by atoms with van der Waals surface area (Å²) in [5.41, 5.74) is 1.94. The van der Waals surface area contributed by atoms with E-state index in [0.29, 0.717) is 17.7 Å². The van der Waals surface area contributed by atoms with Crippen LogP contribution in [-0.2, 0) is 29.7 Å². The number of benzene rings is 2. The predicted molar refractivity (Wildman–Crippen MR) is 133 cm³/mol. The summed E-state index contributed by atoms with van der Waals surface area (Å²) in [6.45, 7) is 2.72. The standard InChI is InChI=1S/C24H23N7O4S/c1-2-29-16-25-22-21(29)23(32)27-24(33)30(22)15-18-10-8-17(9-11-18)14-26-36(34,35)20-12-13-31(28-20)19-6-4-3-5-7-19/h3-13,16,26H,2,14-15H2,1H3,(H,27,32,33). The Morgan fingerprint density at radius 2 is 1.69 bits per heavy atom. The lowest BCUT2D eigenvalue weighted by Gasteiger charge is -2.09. The first-order valence-electron chi connectivity index (χ1n) is 11.2. The van der Waals surface area contributed by atoms with Crippen LogP contribution in [0.4, 0.5) is 0 Å². The SMILES string of the molecule is CCn1cnc2c1c(=O)[nH]c(=O)n2Cc1ccc(CNS(=O)(=O)c2ccn(-c3ccccc3)n2)cc1. The van der Waals surface area contributed by atoms with Gasteiger partial charge in [-0.2, -0.15) is 5.10 Å². The fourth-order valence-corrected chi connectivity index (χ4v) is 4.82. The number of nitrogens with one attached hydrogen (secondary N) is 2. The van der Waals surface area contributed by atoms with Gasteiger partial charge in [0.05, 0.1) is 18.6 Å². The Labute approximate surface area is 205 Å². The smallest absolute Gasteiger partial charge is 0.325 e. The number of hydrogen-bond acceptors (Lipinski definition) is 6. The first kappa shape index (κ1) is 23.5. The number of hydrogen-bond donors (Lipinski definition) is 2. The van der Waals surface area contributed by atoms with Crippen molar-refractivity contribution in [2.75, 3.05) is 0 Å². The normalized spacial score (nSPS) is 11.8. The molecule has 0 radical (unpaired) electrons. The van der Waals surface area contributed by atoms with E-state index in [9.17, 15) is 18.0 Å². The van der Waals surface area contributed by atoms with Gasteiger partial charge in [0.15, 0.2) is 16.2 Å². The second-order valence-electron chi connectivity index (χ2n) is 8.12. The number of aromatic amines is 1. The molecule has 0 atom stereocenters. The van der Waals surface area contributed by atoms with Crippen molar-refractivity contribution in [3.8, 4) is 5.69 Å². The Hall–Kier alpha value is -4.29. The van der Waals surface area contributed by atoms with Crippen molar-refractivity contribution < 1.29 is 8.42 Å². The number of para-hydroxylation sites is 1. The first-order valence-corrected chi connectivity index (χ1v) is 12.7. The van der Waals surface area contributed by atoms with Crippen LogP contribution in [0, 0.1) is 0 Å². The molecule has 0 unspecified atom stereocenters. The maximum absolute atomic E-state index is 12.7. The highest BCUT2D eigenvalue weighted by Gasteiger charge is 2.18. The fourth-order valence-electron chi connectivity index (χ4n) is 3.88. The third-order valence-electron chi connectivity index (χ3n) is 5.79. The molecule has 36 heavy (non-hydrogen) atoms. The first-order chi connectivity index (χ1) is 17.4. The van der Waals surface area contributed by atoms with E-state index in [4.69, 9.17) is 0 Å². The van der Waals surface area contributed by atoms with Crippen LogP contribution < -0.4 is 16.0 Å². The second-order valence-corrected chi connectivity index (χ2v) is 9.84. The van der Waals surface area contributed by atoms with Crippen molar-refractivity contribution in [3.63, 3.8) is 0 Å². The molecule has 0 amide bonds. The Morgan fingerprint density at radius 1 is 0.972 bits per heavy atom. The van der Waals surface area contributed by atoms with Crippen molar-refractivity contribution in [1.82, 2.24) is 33.6 Å². The van der Waals surface area contributed by atoms with Crippen molar-refractivity contribution in [2.24, 2.45) is 0 Å². The van der Waals surface area contributed by atoms with Gasteiger partial charge in [-0.05, 0) is 36.2 Å². The summed E-state index contributed by atoms with van der Waals surface area (Å²) in [6.07, 6.45) is 3.13. The molecule has 0 saturated carbocycles. The number of H-pyrrole nitrogens is 1. The van der Waals surface area contributed by atoms with Gasteiger partial charge in [-0.15, -0.1) is 0 Å². The minimum atomic E-state index is -3.81. The van der Waals surface area contributed by atoms with Crippen molar-refractivity contribution in [1.29, 1.82) is 0 Å². The Morgan fingerprint density at radius 3 is 2.42 bits per heavy atom. The van der Waals surface area contributed by atoms with Crippen LogP contribution in [0.25, 0.3) is 16.9 Å². The molecule has 0 aliphatic heterocycles. The molecule has 0 aliphatic carbocycles. The summed E-state index contributed by atoms with van der Waals surface area (Å²) in [6, 6.07) is 17.8. The average Bonchev–Trinajstić information content (AvgIpc) is 3.55. The summed E-state index contributed by atoms with van der Waals surface area (Å²) in [7, 11) is -3.81. The molecule has 0 saturated heterocycles.